The highest BCUT2D eigenvalue weighted by molar-refractivity contribution is 7.15. The molecule has 122 valence electrons. The summed E-state index contributed by atoms with van der Waals surface area (Å²) in [6, 6.07) is 11.3. The molecule has 3 aromatic rings. The number of amides is 1. The van der Waals surface area contributed by atoms with Crippen LogP contribution in [-0.4, -0.2) is 29.4 Å². The molecule has 0 N–H and O–H groups in total. The third kappa shape index (κ3) is 2.69. The Morgan fingerprint density at radius 2 is 2.12 bits per heavy atom. The van der Waals surface area contributed by atoms with E-state index >= 15 is 0 Å². The molecule has 0 atom stereocenters. The van der Waals surface area contributed by atoms with Gasteiger partial charge < -0.3 is 14.1 Å². The fraction of sp³-hybridized carbons (Fsp3) is 0.222. The molecule has 1 aromatic carbocycles. The molecule has 6 heteroatoms. The number of rotatable bonds is 3. The van der Waals surface area contributed by atoms with Gasteiger partial charge in [0.25, 0.3) is 5.91 Å². The molecule has 1 aliphatic rings. The maximum atomic E-state index is 12.4. The molecular formula is C18H16N2O3S. The molecule has 0 aliphatic carbocycles. The number of nitrogens with zero attached hydrogens (tertiary/aromatic N) is 2. The lowest BCUT2D eigenvalue weighted by Gasteiger charge is -2.25. The maximum Gasteiger partial charge on any atom is 0.289 e. The summed E-state index contributed by atoms with van der Waals surface area (Å²) in [4.78, 5) is 20.1. The van der Waals surface area contributed by atoms with E-state index < -0.39 is 0 Å². The Hall–Kier alpha value is -2.60. The number of aromatic nitrogens is 1. The lowest BCUT2D eigenvalue weighted by Crippen LogP contribution is -2.35. The summed E-state index contributed by atoms with van der Waals surface area (Å²) in [5, 5.41) is 0.981. The molecule has 0 bridgehead atoms. The summed E-state index contributed by atoms with van der Waals surface area (Å²) >= 11 is 1.64. The predicted octanol–water partition coefficient (Wildman–Crippen LogP) is 3.61. The number of fused-ring (bicyclic) bond motifs is 1. The van der Waals surface area contributed by atoms with E-state index in [-0.39, 0.29) is 5.91 Å². The number of hydrogen-bond donors (Lipinski definition) is 0. The minimum atomic E-state index is -0.0648. The summed E-state index contributed by atoms with van der Waals surface area (Å²) in [5.74, 6) is 1.15. The van der Waals surface area contributed by atoms with Crippen LogP contribution in [0.15, 0.2) is 47.1 Å². The van der Waals surface area contributed by atoms with Crippen LogP contribution in [0.25, 0.3) is 10.6 Å². The Morgan fingerprint density at radius 3 is 2.83 bits per heavy atom. The van der Waals surface area contributed by atoms with Crippen LogP contribution in [0, 0.1) is 0 Å². The zero-order valence-electron chi connectivity index (χ0n) is 13.2. The van der Waals surface area contributed by atoms with Gasteiger partial charge in [0.2, 0.25) is 0 Å². The van der Waals surface area contributed by atoms with Crippen molar-refractivity contribution in [2.75, 3.05) is 13.7 Å². The van der Waals surface area contributed by atoms with E-state index in [0.717, 1.165) is 33.3 Å². The Labute approximate surface area is 143 Å². The molecule has 0 unspecified atom stereocenters. The monoisotopic (exact) mass is 340 g/mol. The van der Waals surface area contributed by atoms with Crippen LogP contribution in [0.2, 0.25) is 0 Å². The Morgan fingerprint density at radius 1 is 1.29 bits per heavy atom. The van der Waals surface area contributed by atoms with Gasteiger partial charge in [0, 0.05) is 23.4 Å². The highest BCUT2D eigenvalue weighted by atomic mass is 32.1. The molecule has 1 amide bonds. The third-order valence-electron chi connectivity index (χ3n) is 4.09. The van der Waals surface area contributed by atoms with E-state index in [1.165, 1.54) is 6.26 Å². The van der Waals surface area contributed by atoms with Gasteiger partial charge in [-0.05, 0) is 36.4 Å². The van der Waals surface area contributed by atoms with Crippen molar-refractivity contribution < 1.29 is 13.9 Å². The van der Waals surface area contributed by atoms with Crippen LogP contribution in [0.3, 0.4) is 0 Å². The molecule has 4 rings (SSSR count). The molecule has 0 saturated heterocycles. The van der Waals surface area contributed by atoms with Crippen LogP contribution >= 0.6 is 11.3 Å². The first-order chi connectivity index (χ1) is 11.7. The van der Waals surface area contributed by atoms with Crippen molar-refractivity contribution in [3.05, 3.63) is 59.0 Å². The van der Waals surface area contributed by atoms with Crippen LogP contribution in [0.1, 0.15) is 21.1 Å². The summed E-state index contributed by atoms with van der Waals surface area (Å²) in [6.45, 7) is 1.25. The largest absolute Gasteiger partial charge is 0.497 e. The molecule has 2 aromatic heterocycles. The summed E-state index contributed by atoms with van der Waals surface area (Å²) in [6.07, 6.45) is 2.30. The van der Waals surface area contributed by atoms with Crippen LogP contribution < -0.4 is 4.74 Å². The topological polar surface area (TPSA) is 55.6 Å². The van der Waals surface area contributed by atoms with Crippen molar-refractivity contribution in [2.24, 2.45) is 0 Å². The second-order valence-electron chi connectivity index (χ2n) is 5.57. The van der Waals surface area contributed by atoms with Crippen molar-refractivity contribution in [2.45, 2.75) is 13.0 Å². The number of hydrogen-bond acceptors (Lipinski definition) is 5. The van der Waals surface area contributed by atoms with Crippen molar-refractivity contribution in [1.82, 2.24) is 9.88 Å². The summed E-state index contributed by atoms with van der Waals surface area (Å²) < 4.78 is 10.4. The fourth-order valence-electron chi connectivity index (χ4n) is 2.78. The Kier molecular flexibility index (Phi) is 3.82. The SMILES string of the molecule is COc1ccc(-c2nc3c(s2)CN(C(=O)c2ccco2)CC3)cc1. The first-order valence-electron chi connectivity index (χ1n) is 7.70. The zero-order valence-corrected chi connectivity index (χ0v) is 14.0. The van der Waals surface area contributed by atoms with Gasteiger partial charge in [0.1, 0.15) is 10.8 Å². The number of benzene rings is 1. The highest BCUT2D eigenvalue weighted by Crippen LogP contribution is 2.32. The van der Waals surface area contributed by atoms with Crippen LogP contribution in [0.5, 0.6) is 5.75 Å². The van der Waals surface area contributed by atoms with Crippen molar-refractivity contribution >= 4 is 17.2 Å². The molecule has 24 heavy (non-hydrogen) atoms. The Bertz CT molecular complexity index is 853. The molecule has 0 saturated carbocycles. The third-order valence-corrected chi connectivity index (χ3v) is 5.22. The van der Waals surface area contributed by atoms with Gasteiger partial charge >= 0.3 is 0 Å². The van der Waals surface area contributed by atoms with E-state index in [4.69, 9.17) is 14.1 Å². The minimum Gasteiger partial charge on any atom is -0.497 e. The van der Waals surface area contributed by atoms with E-state index in [0.29, 0.717) is 18.8 Å². The van der Waals surface area contributed by atoms with Crippen LogP contribution in [-0.2, 0) is 13.0 Å². The van der Waals surface area contributed by atoms with E-state index in [1.54, 1.807) is 30.6 Å². The predicted molar refractivity (Wildman–Crippen MR) is 91.3 cm³/mol. The average Bonchev–Trinajstić information content (AvgIpc) is 3.30. The number of thiazole rings is 1. The first-order valence-corrected chi connectivity index (χ1v) is 8.52. The van der Waals surface area contributed by atoms with Gasteiger partial charge in [-0.2, -0.15) is 0 Å². The zero-order chi connectivity index (χ0) is 16.5. The smallest absolute Gasteiger partial charge is 0.289 e. The van der Waals surface area contributed by atoms with Crippen molar-refractivity contribution in [3.63, 3.8) is 0 Å². The summed E-state index contributed by atoms with van der Waals surface area (Å²) in [7, 11) is 1.65. The van der Waals surface area contributed by atoms with Gasteiger partial charge in [-0.3, -0.25) is 4.79 Å². The van der Waals surface area contributed by atoms with E-state index in [9.17, 15) is 4.79 Å². The minimum absolute atomic E-state index is 0.0648. The highest BCUT2D eigenvalue weighted by Gasteiger charge is 2.26. The molecule has 0 radical (unpaired) electrons. The van der Waals surface area contributed by atoms with Gasteiger partial charge in [-0.1, -0.05) is 0 Å². The number of carbonyl (C=O) groups excluding carboxylic acids is 1. The molecular weight excluding hydrogens is 324 g/mol. The fourth-order valence-corrected chi connectivity index (χ4v) is 3.91. The van der Waals surface area contributed by atoms with Gasteiger partial charge in [-0.15, -0.1) is 11.3 Å². The maximum absolute atomic E-state index is 12.4. The second kappa shape index (κ2) is 6.13. The Balaban J connectivity index is 1.56. The normalized spacial score (nSPS) is 13.6. The molecule has 0 spiro atoms. The van der Waals surface area contributed by atoms with Gasteiger partial charge in [0.05, 0.1) is 25.6 Å². The first kappa shape index (κ1) is 15.0. The van der Waals surface area contributed by atoms with Crippen molar-refractivity contribution in [1.29, 1.82) is 0 Å². The van der Waals surface area contributed by atoms with Crippen LogP contribution in [0.4, 0.5) is 0 Å². The number of carbonyl (C=O) groups is 1. The van der Waals surface area contributed by atoms with Crippen molar-refractivity contribution in [3.8, 4) is 16.3 Å². The standard InChI is InChI=1S/C18H16N2O3S/c1-22-13-6-4-12(5-7-13)17-19-14-8-9-20(11-16(14)24-17)18(21)15-3-2-10-23-15/h2-7,10H,8-9,11H2,1H3. The lowest BCUT2D eigenvalue weighted by atomic mass is 10.1. The molecule has 1 aliphatic heterocycles. The molecule has 0 fully saturated rings. The summed E-state index contributed by atoms with van der Waals surface area (Å²) in [5.41, 5.74) is 2.16. The number of furan rings is 1. The van der Waals surface area contributed by atoms with E-state index in [2.05, 4.69) is 0 Å². The number of methoxy groups -OCH3 is 1. The average molecular weight is 340 g/mol. The van der Waals surface area contributed by atoms with Gasteiger partial charge in [-0.25, -0.2) is 4.98 Å². The quantitative estimate of drug-likeness (QED) is 0.731. The second-order valence-corrected chi connectivity index (χ2v) is 6.66. The molecule has 3 heterocycles. The van der Waals surface area contributed by atoms with E-state index in [1.807, 2.05) is 29.2 Å². The van der Waals surface area contributed by atoms with Gasteiger partial charge in [0.15, 0.2) is 5.76 Å². The lowest BCUT2D eigenvalue weighted by molar-refractivity contribution is 0.0704. The number of ether oxygens (including phenoxy) is 1. The molecule has 5 nitrogen and oxygen atoms in total.